The number of fused-ring (bicyclic) bond motifs is 1. The predicted octanol–water partition coefficient (Wildman–Crippen LogP) is 2.94. The zero-order valence-electron chi connectivity index (χ0n) is 11.3. The summed E-state index contributed by atoms with van der Waals surface area (Å²) in [6, 6.07) is 5.91. The van der Waals surface area contributed by atoms with Crippen LogP contribution in [0.1, 0.15) is 6.92 Å². The molecule has 1 heterocycles. The maximum Gasteiger partial charge on any atom is 0.0954 e. The molecule has 4 nitrogen and oxygen atoms in total. The fourth-order valence-electron chi connectivity index (χ4n) is 1.90. The fourth-order valence-corrected chi connectivity index (χ4v) is 2.23. The van der Waals surface area contributed by atoms with Crippen LogP contribution < -0.4 is 11.1 Å². The van der Waals surface area contributed by atoms with Gasteiger partial charge in [0.2, 0.25) is 0 Å². The Kier molecular flexibility index (Phi) is 4.61. The summed E-state index contributed by atoms with van der Waals surface area (Å²) < 4.78 is 0.939. The summed E-state index contributed by atoms with van der Waals surface area (Å²) in [6.07, 6.45) is 1.80. The summed E-state index contributed by atoms with van der Waals surface area (Å²) in [5.74, 6) is 0. The lowest BCUT2D eigenvalue weighted by Gasteiger charge is -2.15. The van der Waals surface area contributed by atoms with Gasteiger partial charge < -0.3 is 16.0 Å². The Hall–Kier alpha value is -1.33. The number of nitrogens with zero attached hydrogens (tertiary/aromatic N) is 2. The molecule has 0 aliphatic heterocycles. The molecule has 2 aromatic rings. The van der Waals surface area contributed by atoms with E-state index in [1.54, 1.807) is 6.20 Å². The molecule has 0 radical (unpaired) electrons. The maximum absolute atomic E-state index is 6.00. The van der Waals surface area contributed by atoms with Crippen LogP contribution in [0.15, 0.2) is 28.9 Å². The van der Waals surface area contributed by atoms with Gasteiger partial charge in [-0.3, -0.25) is 4.98 Å². The molecule has 0 saturated heterocycles. The quantitative estimate of drug-likeness (QED) is 0.831. The van der Waals surface area contributed by atoms with E-state index in [2.05, 4.69) is 45.1 Å². The maximum atomic E-state index is 6.00. The third kappa shape index (κ3) is 3.36. The Labute approximate surface area is 122 Å². The van der Waals surface area contributed by atoms with Gasteiger partial charge in [-0.2, -0.15) is 0 Å². The average molecular weight is 323 g/mol. The number of rotatable bonds is 5. The first-order valence-corrected chi connectivity index (χ1v) is 7.17. The van der Waals surface area contributed by atoms with Crippen molar-refractivity contribution in [2.75, 3.05) is 37.7 Å². The van der Waals surface area contributed by atoms with Crippen LogP contribution in [0, 0.1) is 0 Å². The molecule has 3 N–H and O–H groups in total. The fraction of sp³-hybridized carbons (Fsp3) is 0.357. The van der Waals surface area contributed by atoms with Crippen LogP contribution in [0.5, 0.6) is 0 Å². The highest BCUT2D eigenvalue weighted by Crippen LogP contribution is 2.28. The number of halogens is 1. The second-order valence-corrected chi connectivity index (χ2v) is 5.49. The molecule has 1 aromatic heterocycles. The lowest BCUT2D eigenvalue weighted by molar-refractivity contribution is 0.367. The van der Waals surface area contributed by atoms with Gasteiger partial charge in [0.15, 0.2) is 0 Å². The third-order valence-electron chi connectivity index (χ3n) is 3.20. The van der Waals surface area contributed by atoms with Crippen molar-refractivity contribution in [1.82, 2.24) is 9.88 Å². The Balaban J connectivity index is 2.22. The van der Waals surface area contributed by atoms with Gasteiger partial charge in [0, 0.05) is 34.8 Å². The minimum atomic E-state index is 0.750. The van der Waals surface area contributed by atoms with E-state index < -0.39 is 0 Å². The Bertz CT molecular complexity index is 571. The van der Waals surface area contributed by atoms with Crippen molar-refractivity contribution in [1.29, 1.82) is 0 Å². The van der Waals surface area contributed by atoms with E-state index in [1.165, 1.54) is 0 Å². The van der Waals surface area contributed by atoms with Crippen LogP contribution in [0.4, 0.5) is 11.4 Å². The number of anilines is 2. The second-order valence-electron chi connectivity index (χ2n) is 4.57. The van der Waals surface area contributed by atoms with Crippen molar-refractivity contribution in [2.24, 2.45) is 0 Å². The first-order valence-electron chi connectivity index (χ1n) is 6.38. The average Bonchev–Trinajstić information content (AvgIpc) is 2.41. The lowest BCUT2D eigenvalue weighted by atomic mass is 10.1. The lowest BCUT2D eigenvalue weighted by Crippen LogP contribution is -2.24. The molecule has 0 aliphatic rings. The number of likely N-dealkylation sites (N-methyl/N-ethyl adjacent to an activating group) is 1. The summed E-state index contributed by atoms with van der Waals surface area (Å²) in [6.45, 7) is 5.09. The third-order valence-corrected chi connectivity index (χ3v) is 3.63. The molecule has 19 heavy (non-hydrogen) atoms. The summed E-state index contributed by atoms with van der Waals surface area (Å²) in [5.41, 5.74) is 8.69. The van der Waals surface area contributed by atoms with Crippen LogP contribution in [-0.4, -0.2) is 36.6 Å². The smallest absolute Gasteiger partial charge is 0.0954 e. The first kappa shape index (κ1) is 14.1. The second kappa shape index (κ2) is 6.21. The molecule has 102 valence electrons. The topological polar surface area (TPSA) is 54.2 Å². The number of pyridine rings is 1. The molecular weight excluding hydrogens is 304 g/mol. The molecule has 1 aromatic carbocycles. The summed E-state index contributed by atoms with van der Waals surface area (Å²) in [7, 11) is 2.11. The van der Waals surface area contributed by atoms with Gasteiger partial charge in [-0.15, -0.1) is 0 Å². The van der Waals surface area contributed by atoms with E-state index in [0.717, 1.165) is 46.4 Å². The van der Waals surface area contributed by atoms with E-state index in [0.29, 0.717) is 0 Å². The van der Waals surface area contributed by atoms with Gasteiger partial charge >= 0.3 is 0 Å². The number of aromatic nitrogens is 1. The van der Waals surface area contributed by atoms with Crippen molar-refractivity contribution in [3.05, 3.63) is 28.9 Å². The molecule has 5 heteroatoms. The number of nitrogens with one attached hydrogen (secondary N) is 1. The zero-order chi connectivity index (χ0) is 13.8. The number of hydrogen-bond acceptors (Lipinski definition) is 4. The van der Waals surface area contributed by atoms with E-state index in [4.69, 9.17) is 5.73 Å². The van der Waals surface area contributed by atoms with Crippen molar-refractivity contribution in [2.45, 2.75) is 6.92 Å². The molecule has 0 amide bonds. The van der Waals surface area contributed by atoms with Gasteiger partial charge in [-0.25, -0.2) is 0 Å². The van der Waals surface area contributed by atoms with E-state index in [1.807, 2.05) is 18.2 Å². The van der Waals surface area contributed by atoms with Gasteiger partial charge in [0.25, 0.3) is 0 Å². The summed E-state index contributed by atoms with van der Waals surface area (Å²) >= 11 is 3.43. The van der Waals surface area contributed by atoms with Crippen molar-refractivity contribution in [3.8, 4) is 0 Å². The summed E-state index contributed by atoms with van der Waals surface area (Å²) in [5, 5.41) is 4.40. The minimum Gasteiger partial charge on any atom is -0.398 e. The molecule has 0 bridgehead atoms. The molecule has 0 unspecified atom stereocenters. The van der Waals surface area contributed by atoms with Crippen LogP contribution >= 0.6 is 15.9 Å². The largest absolute Gasteiger partial charge is 0.398 e. The van der Waals surface area contributed by atoms with Crippen LogP contribution in [0.2, 0.25) is 0 Å². The van der Waals surface area contributed by atoms with E-state index >= 15 is 0 Å². The van der Waals surface area contributed by atoms with Crippen molar-refractivity contribution in [3.63, 3.8) is 0 Å². The van der Waals surface area contributed by atoms with E-state index in [-0.39, 0.29) is 0 Å². The van der Waals surface area contributed by atoms with Gasteiger partial charge in [-0.1, -0.05) is 6.92 Å². The highest BCUT2D eigenvalue weighted by molar-refractivity contribution is 9.10. The molecule has 0 aliphatic carbocycles. The number of benzene rings is 1. The van der Waals surface area contributed by atoms with E-state index in [9.17, 15) is 0 Å². The number of nitrogens with two attached hydrogens (primary N) is 1. The monoisotopic (exact) mass is 322 g/mol. The molecule has 2 rings (SSSR count). The molecule has 0 saturated carbocycles. The molecular formula is C14H19BrN4. The number of nitrogen functional groups attached to an aromatic ring is 1. The SMILES string of the molecule is CCN(C)CCNc1ccc(N)c2cc(Br)cnc12. The summed E-state index contributed by atoms with van der Waals surface area (Å²) in [4.78, 5) is 6.72. The van der Waals surface area contributed by atoms with Crippen molar-refractivity contribution >= 4 is 38.2 Å². The Morgan fingerprint density at radius 1 is 1.42 bits per heavy atom. The van der Waals surface area contributed by atoms with Gasteiger partial charge in [-0.05, 0) is 47.7 Å². The van der Waals surface area contributed by atoms with Gasteiger partial charge in [0.05, 0.1) is 11.2 Å². The highest BCUT2D eigenvalue weighted by atomic mass is 79.9. The highest BCUT2D eigenvalue weighted by Gasteiger charge is 2.06. The normalized spacial score (nSPS) is 11.2. The minimum absolute atomic E-state index is 0.750. The Morgan fingerprint density at radius 2 is 2.21 bits per heavy atom. The predicted molar refractivity (Wildman–Crippen MR) is 85.5 cm³/mol. The Morgan fingerprint density at radius 3 is 2.95 bits per heavy atom. The molecule has 0 spiro atoms. The van der Waals surface area contributed by atoms with Crippen LogP contribution in [0.25, 0.3) is 10.9 Å². The van der Waals surface area contributed by atoms with Crippen LogP contribution in [0.3, 0.4) is 0 Å². The van der Waals surface area contributed by atoms with Crippen molar-refractivity contribution < 1.29 is 0 Å². The first-order chi connectivity index (χ1) is 9.11. The molecule has 0 atom stereocenters. The van der Waals surface area contributed by atoms with Crippen LogP contribution in [-0.2, 0) is 0 Å². The number of hydrogen-bond donors (Lipinski definition) is 2. The standard InChI is InChI=1S/C14H19BrN4/c1-3-19(2)7-6-17-13-5-4-12(16)11-8-10(15)9-18-14(11)13/h4-5,8-9,17H,3,6-7,16H2,1-2H3. The van der Waals surface area contributed by atoms with Gasteiger partial charge in [0.1, 0.15) is 0 Å². The zero-order valence-corrected chi connectivity index (χ0v) is 12.9. The molecule has 0 fully saturated rings.